The SMILES string of the molecule is CC(CC(=O)O)N1CCC(C)(N)C1. The lowest BCUT2D eigenvalue weighted by atomic mass is 10.0. The number of rotatable bonds is 3. The third kappa shape index (κ3) is 2.97. The first-order valence-electron chi connectivity index (χ1n) is 4.65. The van der Waals surface area contributed by atoms with Crippen LogP contribution in [0.4, 0.5) is 0 Å². The van der Waals surface area contributed by atoms with Gasteiger partial charge in [-0.05, 0) is 20.3 Å². The average Bonchev–Trinajstić information content (AvgIpc) is 2.28. The Labute approximate surface area is 78.7 Å². The molecular formula is C9H18N2O2. The maximum absolute atomic E-state index is 10.5. The molecule has 0 aromatic carbocycles. The van der Waals surface area contributed by atoms with Gasteiger partial charge < -0.3 is 10.8 Å². The lowest BCUT2D eigenvalue weighted by Gasteiger charge is -2.24. The van der Waals surface area contributed by atoms with Gasteiger partial charge in [-0.25, -0.2) is 0 Å². The molecule has 4 heteroatoms. The Morgan fingerprint density at radius 3 is 2.77 bits per heavy atom. The molecule has 1 fully saturated rings. The summed E-state index contributed by atoms with van der Waals surface area (Å²) < 4.78 is 0. The zero-order valence-corrected chi connectivity index (χ0v) is 8.29. The number of carboxylic acid groups (broad SMARTS) is 1. The van der Waals surface area contributed by atoms with Crippen molar-refractivity contribution in [1.29, 1.82) is 0 Å². The highest BCUT2D eigenvalue weighted by atomic mass is 16.4. The van der Waals surface area contributed by atoms with Crippen LogP contribution in [0.3, 0.4) is 0 Å². The van der Waals surface area contributed by atoms with Crippen LogP contribution in [-0.4, -0.2) is 40.6 Å². The van der Waals surface area contributed by atoms with E-state index in [0.717, 1.165) is 19.5 Å². The zero-order chi connectivity index (χ0) is 10.1. The molecule has 1 rings (SSSR count). The molecule has 0 spiro atoms. The van der Waals surface area contributed by atoms with Crippen molar-refractivity contribution in [3.63, 3.8) is 0 Å². The summed E-state index contributed by atoms with van der Waals surface area (Å²) in [5.74, 6) is -0.738. The zero-order valence-electron chi connectivity index (χ0n) is 8.29. The number of aliphatic carboxylic acids is 1. The molecule has 2 unspecified atom stereocenters. The van der Waals surface area contributed by atoms with E-state index in [-0.39, 0.29) is 18.0 Å². The van der Waals surface area contributed by atoms with E-state index in [9.17, 15) is 4.79 Å². The Hall–Kier alpha value is -0.610. The van der Waals surface area contributed by atoms with Crippen LogP contribution in [0.5, 0.6) is 0 Å². The van der Waals surface area contributed by atoms with Crippen LogP contribution in [-0.2, 0) is 4.79 Å². The molecule has 4 nitrogen and oxygen atoms in total. The Bertz CT molecular complexity index is 204. The van der Waals surface area contributed by atoms with Crippen LogP contribution in [0, 0.1) is 0 Å². The molecule has 13 heavy (non-hydrogen) atoms. The summed E-state index contributed by atoms with van der Waals surface area (Å²) in [6.45, 7) is 5.68. The van der Waals surface area contributed by atoms with Crippen molar-refractivity contribution in [3.8, 4) is 0 Å². The third-order valence-corrected chi connectivity index (χ3v) is 2.63. The van der Waals surface area contributed by atoms with Crippen molar-refractivity contribution < 1.29 is 9.90 Å². The normalized spacial score (nSPS) is 31.9. The number of likely N-dealkylation sites (tertiary alicyclic amines) is 1. The predicted molar refractivity (Wildman–Crippen MR) is 50.5 cm³/mol. The van der Waals surface area contributed by atoms with Gasteiger partial charge in [-0.15, -0.1) is 0 Å². The summed E-state index contributed by atoms with van der Waals surface area (Å²) in [5.41, 5.74) is 5.82. The minimum atomic E-state index is -0.738. The maximum atomic E-state index is 10.5. The molecule has 2 atom stereocenters. The molecule has 1 saturated heterocycles. The van der Waals surface area contributed by atoms with Crippen LogP contribution in [0.1, 0.15) is 26.7 Å². The fourth-order valence-electron chi connectivity index (χ4n) is 1.78. The van der Waals surface area contributed by atoms with E-state index < -0.39 is 5.97 Å². The van der Waals surface area contributed by atoms with Gasteiger partial charge in [0, 0.05) is 24.7 Å². The van der Waals surface area contributed by atoms with E-state index in [2.05, 4.69) is 4.90 Å². The van der Waals surface area contributed by atoms with E-state index >= 15 is 0 Å². The van der Waals surface area contributed by atoms with Crippen molar-refractivity contribution in [2.45, 2.75) is 38.3 Å². The van der Waals surface area contributed by atoms with Crippen molar-refractivity contribution in [3.05, 3.63) is 0 Å². The molecule has 0 aromatic rings. The molecule has 1 aliphatic rings. The van der Waals surface area contributed by atoms with E-state index in [0.29, 0.717) is 0 Å². The fraction of sp³-hybridized carbons (Fsp3) is 0.889. The van der Waals surface area contributed by atoms with Gasteiger partial charge in [0.05, 0.1) is 6.42 Å². The van der Waals surface area contributed by atoms with Gasteiger partial charge in [0.1, 0.15) is 0 Å². The monoisotopic (exact) mass is 186 g/mol. The van der Waals surface area contributed by atoms with Crippen LogP contribution in [0.25, 0.3) is 0 Å². The van der Waals surface area contributed by atoms with Crippen molar-refractivity contribution >= 4 is 5.97 Å². The highest BCUT2D eigenvalue weighted by Crippen LogP contribution is 2.20. The molecular weight excluding hydrogens is 168 g/mol. The minimum absolute atomic E-state index is 0.0999. The highest BCUT2D eigenvalue weighted by molar-refractivity contribution is 5.67. The lowest BCUT2D eigenvalue weighted by Crippen LogP contribution is -2.41. The van der Waals surface area contributed by atoms with E-state index in [1.165, 1.54) is 0 Å². The Morgan fingerprint density at radius 1 is 1.77 bits per heavy atom. The number of hydrogen-bond acceptors (Lipinski definition) is 3. The first-order chi connectivity index (χ1) is 5.91. The van der Waals surface area contributed by atoms with Crippen molar-refractivity contribution in [2.24, 2.45) is 5.73 Å². The van der Waals surface area contributed by atoms with E-state index in [1.807, 2.05) is 13.8 Å². The predicted octanol–water partition coefficient (Wildman–Crippen LogP) is 0.273. The van der Waals surface area contributed by atoms with Crippen molar-refractivity contribution in [1.82, 2.24) is 4.90 Å². The highest BCUT2D eigenvalue weighted by Gasteiger charge is 2.32. The minimum Gasteiger partial charge on any atom is -0.481 e. The second-order valence-electron chi connectivity index (χ2n) is 4.32. The molecule has 0 radical (unpaired) electrons. The molecule has 0 bridgehead atoms. The topological polar surface area (TPSA) is 66.6 Å². The molecule has 0 aromatic heterocycles. The summed E-state index contributed by atoms with van der Waals surface area (Å²) in [7, 11) is 0. The Morgan fingerprint density at radius 2 is 2.38 bits per heavy atom. The van der Waals surface area contributed by atoms with Gasteiger partial charge in [0.15, 0.2) is 0 Å². The molecule has 76 valence electrons. The van der Waals surface area contributed by atoms with E-state index in [4.69, 9.17) is 10.8 Å². The van der Waals surface area contributed by atoms with Gasteiger partial charge in [0.25, 0.3) is 0 Å². The first-order valence-corrected chi connectivity index (χ1v) is 4.65. The molecule has 1 heterocycles. The van der Waals surface area contributed by atoms with Gasteiger partial charge in [-0.2, -0.15) is 0 Å². The first kappa shape index (κ1) is 10.5. The number of carboxylic acids is 1. The number of nitrogens with two attached hydrogens (primary N) is 1. The second kappa shape index (κ2) is 3.64. The van der Waals surface area contributed by atoms with Gasteiger partial charge >= 0.3 is 5.97 Å². The smallest absolute Gasteiger partial charge is 0.304 e. The number of hydrogen-bond donors (Lipinski definition) is 2. The van der Waals surface area contributed by atoms with Crippen molar-refractivity contribution in [2.75, 3.05) is 13.1 Å². The number of nitrogens with zero attached hydrogens (tertiary/aromatic N) is 1. The molecule has 3 N–H and O–H groups in total. The summed E-state index contributed by atoms with van der Waals surface area (Å²) in [6, 6.07) is 0.0999. The molecule has 0 amide bonds. The Balaban J connectivity index is 2.42. The number of carbonyl (C=O) groups is 1. The largest absolute Gasteiger partial charge is 0.481 e. The quantitative estimate of drug-likeness (QED) is 0.664. The van der Waals surface area contributed by atoms with Gasteiger partial charge in [-0.1, -0.05) is 0 Å². The second-order valence-corrected chi connectivity index (χ2v) is 4.32. The van der Waals surface area contributed by atoms with Gasteiger partial charge in [-0.3, -0.25) is 9.69 Å². The molecule has 0 saturated carbocycles. The van der Waals surface area contributed by atoms with Crippen LogP contribution >= 0.6 is 0 Å². The van der Waals surface area contributed by atoms with Crippen LogP contribution in [0.15, 0.2) is 0 Å². The molecule has 1 aliphatic heterocycles. The third-order valence-electron chi connectivity index (χ3n) is 2.63. The Kier molecular flexibility index (Phi) is 2.93. The average molecular weight is 186 g/mol. The van der Waals surface area contributed by atoms with E-state index in [1.54, 1.807) is 0 Å². The maximum Gasteiger partial charge on any atom is 0.304 e. The summed E-state index contributed by atoms with van der Waals surface area (Å²) in [4.78, 5) is 12.6. The summed E-state index contributed by atoms with van der Waals surface area (Å²) >= 11 is 0. The lowest BCUT2D eigenvalue weighted by molar-refractivity contribution is -0.138. The summed E-state index contributed by atoms with van der Waals surface area (Å²) in [5, 5.41) is 8.62. The van der Waals surface area contributed by atoms with Crippen LogP contribution < -0.4 is 5.73 Å². The fourth-order valence-corrected chi connectivity index (χ4v) is 1.78. The van der Waals surface area contributed by atoms with Crippen LogP contribution in [0.2, 0.25) is 0 Å². The standard InChI is InChI=1S/C9H18N2O2/c1-7(5-8(12)13)11-4-3-9(2,10)6-11/h7H,3-6,10H2,1-2H3,(H,12,13). The molecule has 0 aliphatic carbocycles. The summed E-state index contributed by atoms with van der Waals surface area (Å²) in [6.07, 6.45) is 1.16. The van der Waals surface area contributed by atoms with Gasteiger partial charge in [0.2, 0.25) is 0 Å².